The molecule has 1 saturated heterocycles. The zero-order chi connectivity index (χ0) is 25.2. The van der Waals surface area contributed by atoms with Gasteiger partial charge in [-0.1, -0.05) is 36.4 Å². The van der Waals surface area contributed by atoms with Gasteiger partial charge < -0.3 is 19.8 Å². The zero-order valence-corrected chi connectivity index (χ0v) is 20.2. The first kappa shape index (κ1) is 23.2. The zero-order valence-electron chi connectivity index (χ0n) is 20.2. The van der Waals surface area contributed by atoms with Gasteiger partial charge in [0.15, 0.2) is 0 Å². The number of para-hydroxylation sites is 1. The second-order valence-electron chi connectivity index (χ2n) is 9.33. The summed E-state index contributed by atoms with van der Waals surface area (Å²) in [5, 5.41) is 5.82. The molecular formula is C28H27N5O4. The topological polar surface area (TPSA) is 109 Å². The number of aromatic amines is 1. The lowest BCUT2D eigenvalue weighted by Crippen LogP contribution is -2.52. The molecule has 2 amide bonds. The van der Waals surface area contributed by atoms with Crippen LogP contribution in [0.4, 0.5) is 5.95 Å². The lowest BCUT2D eigenvalue weighted by atomic mass is 10.0. The molecule has 4 aromatic rings. The molecule has 9 nitrogen and oxygen atoms in total. The van der Waals surface area contributed by atoms with E-state index in [1.165, 1.54) is 0 Å². The molecule has 0 aliphatic carbocycles. The van der Waals surface area contributed by atoms with Crippen LogP contribution in [0.1, 0.15) is 29.5 Å². The van der Waals surface area contributed by atoms with Crippen molar-refractivity contribution < 1.29 is 19.1 Å². The summed E-state index contributed by atoms with van der Waals surface area (Å²) in [6.45, 7) is 2.01. The molecule has 1 aromatic heterocycles. The third-order valence-corrected chi connectivity index (χ3v) is 6.70. The number of hydrogen-bond acceptors (Lipinski definition) is 7. The van der Waals surface area contributed by atoms with Gasteiger partial charge in [-0.25, -0.2) is 4.98 Å². The fourth-order valence-electron chi connectivity index (χ4n) is 4.79. The number of carbonyl (C=O) groups excluding carboxylic acids is 2. The fourth-order valence-corrected chi connectivity index (χ4v) is 4.79. The van der Waals surface area contributed by atoms with E-state index in [0.717, 1.165) is 39.2 Å². The van der Waals surface area contributed by atoms with E-state index >= 15 is 0 Å². The maximum atomic E-state index is 12.4. The third kappa shape index (κ3) is 5.18. The van der Waals surface area contributed by atoms with Crippen LogP contribution in [0, 0.1) is 0 Å². The van der Waals surface area contributed by atoms with Crippen molar-refractivity contribution in [1.82, 2.24) is 20.2 Å². The second-order valence-corrected chi connectivity index (χ2v) is 9.33. The number of anilines is 1. The van der Waals surface area contributed by atoms with Gasteiger partial charge in [0.1, 0.15) is 18.2 Å². The Kier molecular flexibility index (Phi) is 6.30. The lowest BCUT2D eigenvalue weighted by molar-refractivity contribution is -0.140. The van der Waals surface area contributed by atoms with Crippen molar-refractivity contribution in [3.05, 3.63) is 83.4 Å². The highest BCUT2D eigenvalue weighted by Gasteiger charge is 2.33. The number of piperidine rings is 1. The van der Waals surface area contributed by atoms with E-state index in [9.17, 15) is 9.59 Å². The number of fused-ring (bicyclic) bond motifs is 2. The van der Waals surface area contributed by atoms with Crippen LogP contribution in [-0.2, 0) is 34.0 Å². The number of ether oxygens (including phenoxy) is 2. The van der Waals surface area contributed by atoms with Crippen molar-refractivity contribution >= 4 is 28.8 Å². The summed E-state index contributed by atoms with van der Waals surface area (Å²) >= 11 is 0. The van der Waals surface area contributed by atoms with Gasteiger partial charge in [-0.3, -0.25) is 19.8 Å². The van der Waals surface area contributed by atoms with Gasteiger partial charge in [-0.2, -0.15) is 0 Å². The lowest BCUT2D eigenvalue weighted by Gasteiger charge is -2.31. The fraction of sp³-hybridized carbons (Fsp3) is 0.250. The molecule has 3 aromatic carbocycles. The summed E-state index contributed by atoms with van der Waals surface area (Å²) in [5.74, 6) is 1.74. The molecule has 2 aliphatic heterocycles. The average molecular weight is 498 g/mol. The van der Waals surface area contributed by atoms with Crippen LogP contribution in [0.5, 0.6) is 11.5 Å². The van der Waals surface area contributed by atoms with Crippen molar-refractivity contribution in [2.45, 2.75) is 38.6 Å². The van der Waals surface area contributed by atoms with Crippen molar-refractivity contribution in [2.75, 3.05) is 12.0 Å². The summed E-state index contributed by atoms with van der Waals surface area (Å²) in [7, 11) is 0. The summed E-state index contributed by atoms with van der Waals surface area (Å²) in [5.41, 5.74) is 5.05. The Hall–Kier alpha value is -4.21. The Labute approximate surface area is 213 Å². The van der Waals surface area contributed by atoms with E-state index in [0.29, 0.717) is 45.2 Å². The minimum absolute atomic E-state index is 0.212. The molecule has 1 atom stereocenters. The third-order valence-electron chi connectivity index (χ3n) is 6.70. The molecule has 188 valence electrons. The van der Waals surface area contributed by atoms with E-state index in [2.05, 4.69) is 38.8 Å². The van der Waals surface area contributed by atoms with E-state index in [-0.39, 0.29) is 17.9 Å². The molecule has 9 heteroatoms. The van der Waals surface area contributed by atoms with Crippen molar-refractivity contribution in [1.29, 1.82) is 0 Å². The number of nitrogens with one attached hydrogen (secondary N) is 3. The summed E-state index contributed by atoms with van der Waals surface area (Å²) < 4.78 is 11.8. The quantitative estimate of drug-likeness (QED) is 0.345. The number of aromatic nitrogens is 2. The van der Waals surface area contributed by atoms with Crippen LogP contribution < -0.4 is 15.4 Å². The molecule has 2 aliphatic rings. The van der Waals surface area contributed by atoms with Crippen LogP contribution in [0.2, 0.25) is 0 Å². The highest BCUT2D eigenvalue weighted by Crippen LogP contribution is 2.26. The average Bonchev–Trinajstić information content (AvgIpc) is 3.19. The monoisotopic (exact) mass is 497 g/mol. The van der Waals surface area contributed by atoms with Crippen LogP contribution in [0.3, 0.4) is 0 Å². The van der Waals surface area contributed by atoms with Crippen molar-refractivity contribution in [2.24, 2.45) is 0 Å². The molecule has 1 unspecified atom stereocenters. The molecule has 6 rings (SSSR count). The van der Waals surface area contributed by atoms with Gasteiger partial charge in [-0.15, -0.1) is 0 Å². The summed E-state index contributed by atoms with van der Waals surface area (Å²) in [6.07, 6.45) is 0.857. The number of benzene rings is 3. The first-order valence-corrected chi connectivity index (χ1v) is 12.3. The number of amides is 2. The molecule has 37 heavy (non-hydrogen) atoms. The van der Waals surface area contributed by atoms with E-state index < -0.39 is 0 Å². The van der Waals surface area contributed by atoms with Crippen LogP contribution in [0.15, 0.2) is 66.7 Å². The van der Waals surface area contributed by atoms with Gasteiger partial charge >= 0.3 is 0 Å². The Balaban J connectivity index is 1.13. The van der Waals surface area contributed by atoms with Gasteiger partial charge in [0.25, 0.3) is 0 Å². The summed E-state index contributed by atoms with van der Waals surface area (Å²) in [6, 6.07) is 21.4. The molecule has 0 radical (unpaired) electrons. The van der Waals surface area contributed by atoms with E-state index in [1.54, 1.807) is 0 Å². The molecule has 0 spiro atoms. The predicted octanol–water partition coefficient (Wildman–Crippen LogP) is 4.06. The predicted molar refractivity (Wildman–Crippen MR) is 138 cm³/mol. The Morgan fingerprint density at radius 3 is 2.78 bits per heavy atom. The first-order valence-electron chi connectivity index (χ1n) is 12.3. The molecule has 0 bridgehead atoms. The normalized spacial score (nSPS) is 18.2. The van der Waals surface area contributed by atoms with Gasteiger partial charge in [0.2, 0.25) is 17.8 Å². The minimum atomic E-state index is -0.364. The highest BCUT2D eigenvalue weighted by molar-refractivity contribution is 6.00. The maximum absolute atomic E-state index is 12.4. The first-order chi connectivity index (χ1) is 18.1. The summed E-state index contributed by atoms with van der Waals surface area (Å²) in [4.78, 5) is 33.9. The highest BCUT2D eigenvalue weighted by atomic mass is 16.5. The van der Waals surface area contributed by atoms with Gasteiger partial charge in [-0.05, 0) is 47.4 Å². The molecule has 1 fully saturated rings. The van der Waals surface area contributed by atoms with Crippen LogP contribution in [0.25, 0.3) is 11.0 Å². The largest absolute Gasteiger partial charge is 0.457 e. The Morgan fingerprint density at radius 2 is 1.92 bits per heavy atom. The molecule has 3 N–H and O–H groups in total. The number of carbonyl (C=O) groups is 2. The standard InChI is InChI=1S/C28H27N5O4/c34-26-11-10-25(27(35)32-26)33-15-20-12-18(6-7-19(20)16-36-17-33)14-29-28-30-23-9-8-22(13-24(23)31-28)37-21-4-2-1-3-5-21/h1-9,12-13,25H,10-11,14-17H2,(H2,29,30,31)(H,32,34,35). The number of hydrogen-bond donors (Lipinski definition) is 3. The molecule has 0 saturated carbocycles. The van der Waals surface area contributed by atoms with Crippen molar-refractivity contribution in [3.63, 3.8) is 0 Å². The van der Waals surface area contributed by atoms with E-state index in [4.69, 9.17) is 9.47 Å². The number of nitrogens with zero attached hydrogens (tertiary/aromatic N) is 2. The second kappa shape index (κ2) is 10.0. The van der Waals surface area contributed by atoms with Gasteiger partial charge in [0, 0.05) is 25.6 Å². The van der Waals surface area contributed by atoms with Crippen molar-refractivity contribution in [3.8, 4) is 11.5 Å². The number of imidazole rings is 1. The van der Waals surface area contributed by atoms with Gasteiger partial charge in [0.05, 0.1) is 23.7 Å². The molecule has 3 heterocycles. The van der Waals surface area contributed by atoms with E-state index in [1.807, 2.05) is 53.4 Å². The number of imide groups is 1. The van der Waals surface area contributed by atoms with Crippen LogP contribution in [-0.4, -0.2) is 39.5 Å². The minimum Gasteiger partial charge on any atom is -0.457 e. The SMILES string of the molecule is O=C1CCC(N2COCc3ccc(CNc4nc5ccc(Oc6ccccc6)cc5[nH]4)cc3C2)C(=O)N1. The maximum Gasteiger partial charge on any atom is 0.243 e. The molecular weight excluding hydrogens is 470 g/mol. The Morgan fingerprint density at radius 1 is 1.03 bits per heavy atom. The smallest absolute Gasteiger partial charge is 0.243 e. The number of rotatable bonds is 6. The number of H-pyrrole nitrogens is 1. The van der Waals surface area contributed by atoms with Crippen LogP contribution >= 0.6 is 0 Å². The Bertz CT molecular complexity index is 1450.